The van der Waals surface area contributed by atoms with Crippen LogP contribution in [-0.2, 0) is 16.0 Å². The van der Waals surface area contributed by atoms with E-state index in [4.69, 9.17) is 4.74 Å². The van der Waals surface area contributed by atoms with E-state index in [9.17, 15) is 20.1 Å². The number of thiophene rings is 1. The Kier molecular flexibility index (Phi) is 11.1. The van der Waals surface area contributed by atoms with Crippen molar-refractivity contribution in [2.75, 3.05) is 0 Å². The molecule has 3 unspecified atom stereocenters. The molecule has 1 fully saturated rings. The SMILES string of the molecule is CC(C)OC(=O)CCC/C=C\C[C@H]1C(O)CC(O)[C@@H]1CCC(O)CCc1ccsc1. The summed E-state index contributed by atoms with van der Waals surface area (Å²) < 4.78 is 5.12. The maximum atomic E-state index is 11.5. The first-order valence-electron chi connectivity index (χ1n) is 11.3. The quantitative estimate of drug-likeness (QED) is 0.243. The van der Waals surface area contributed by atoms with Gasteiger partial charge in [-0.1, -0.05) is 12.2 Å². The predicted octanol–water partition coefficient (Wildman–Crippen LogP) is 4.25. The molecule has 1 aliphatic carbocycles. The van der Waals surface area contributed by atoms with Crippen molar-refractivity contribution >= 4 is 17.3 Å². The number of aliphatic hydroxyl groups is 3. The molecule has 2 rings (SSSR count). The van der Waals surface area contributed by atoms with Crippen LogP contribution in [0.4, 0.5) is 0 Å². The Morgan fingerprint density at radius 2 is 2.00 bits per heavy atom. The highest BCUT2D eigenvalue weighted by molar-refractivity contribution is 7.07. The van der Waals surface area contributed by atoms with Crippen LogP contribution in [0.3, 0.4) is 0 Å². The number of hydrogen-bond donors (Lipinski definition) is 3. The number of esters is 1. The standard InChI is InChI=1S/C24H38O5S/c1-17(2)29-24(28)8-6-4-3-5-7-20-21(23(27)15-22(20)26)12-11-19(25)10-9-18-13-14-30-16-18/h3,5,13-14,16-17,19-23,25-27H,4,6-12,15H2,1-2H3/b5-3-/t19?,20-,21-,22?,23?/m1/s1. The van der Waals surface area contributed by atoms with Crippen LogP contribution in [0.1, 0.15) is 70.8 Å². The fourth-order valence-electron chi connectivity index (χ4n) is 4.26. The lowest BCUT2D eigenvalue weighted by molar-refractivity contribution is -0.147. The molecule has 0 radical (unpaired) electrons. The summed E-state index contributed by atoms with van der Waals surface area (Å²) in [5.74, 6) is -0.127. The van der Waals surface area contributed by atoms with Crippen molar-refractivity contribution in [2.24, 2.45) is 11.8 Å². The summed E-state index contributed by atoms with van der Waals surface area (Å²) >= 11 is 1.67. The molecule has 30 heavy (non-hydrogen) atoms. The monoisotopic (exact) mass is 438 g/mol. The van der Waals surface area contributed by atoms with E-state index in [1.54, 1.807) is 11.3 Å². The Hall–Kier alpha value is -1.21. The highest BCUT2D eigenvalue weighted by atomic mass is 32.1. The lowest BCUT2D eigenvalue weighted by atomic mass is 9.85. The van der Waals surface area contributed by atoms with E-state index < -0.39 is 12.2 Å². The number of hydrogen-bond acceptors (Lipinski definition) is 6. The minimum atomic E-state index is -0.506. The summed E-state index contributed by atoms with van der Waals surface area (Å²) in [4.78, 5) is 11.5. The molecule has 1 heterocycles. The van der Waals surface area contributed by atoms with Gasteiger partial charge in [0.25, 0.3) is 0 Å². The molecule has 0 aliphatic heterocycles. The first-order valence-corrected chi connectivity index (χ1v) is 12.2. The summed E-state index contributed by atoms with van der Waals surface area (Å²) in [6.07, 6.45) is 8.70. The van der Waals surface area contributed by atoms with Crippen LogP contribution in [0.15, 0.2) is 29.0 Å². The normalized spacial score (nSPS) is 25.3. The maximum absolute atomic E-state index is 11.5. The smallest absolute Gasteiger partial charge is 0.306 e. The number of allylic oxidation sites excluding steroid dienone is 2. The first-order chi connectivity index (χ1) is 14.4. The summed E-state index contributed by atoms with van der Waals surface area (Å²) in [6.45, 7) is 3.69. The molecule has 6 heteroatoms. The van der Waals surface area contributed by atoms with Gasteiger partial charge in [-0.25, -0.2) is 0 Å². The van der Waals surface area contributed by atoms with Gasteiger partial charge in [0.1, 0.15) is 0 Å². The third-order valence-corrected chi connectivity index (χ3v) is 6.63. The minimum Gasteiger partial charge on any atom is -0.463 e. The van der Waals surface area contributed by atoms with Gasteiger partial charge in [0, 0.05) is 6.42 Å². The van der Waals surface area contributed by atoms with E-state index in [0.29, 0.717) is 25.7 Å². The first kappa shape index (κ1) is 25.1. The van der Waals surface area contributed by atoms with Crippen LogP contribution < -0.4 is 0 Å². The Balaban J connectivity index is 1.69. The summed E-state index contributed by atoms with van der Waals surface area (Å²) in [5.41, 5.74) is 1.26. The molecule has 5 nitrogen and oxygen atoms in total. The van der Waals surface area contributed by atoms with E-state index in [-0.39, 0.29) is 30.0 Å². The number of aryl methyl sites for hydroxylation is 1. The van der Waals surface area contributed by atoms with E-state index in [1.807, 2.05) is 25.3 Å². The van der Waals surface area contributed by atoms with E-state index in [1.165, 1.54) is 5.56 Å². The number of unbranched alkanes of at least 4 members (excludes halogenated alkanes) is 1. The molecule has 0 spiro atoms. The third kappa shape index (κ3) is 8.88. The van der Waals surface area contributed by atoms with Crippen molar-refractivity contribution in [3.8, 4) is 0 Å². The summed E-state index contributed by atoms with van der Waals surface area (Å²) in [5, 5.41) is 35.2. The van der Waals surface area contributed by atoms with Gasteiger partial charge in [-0.2, -0.15) is 11.3 Å². The van der Waals surface area contributed by atoms with Crippen molar-refractivity contribution in [3.05, 3.63) is 34.5 Å². The molecule has 5 atom stereocenters. The summed E-state index contributed by atoms with van der Waals surface area (Å²) in [6, 6.07) is 2.09. The molecule has 0 amide bonds. The van der Waals surface area contributed by atoms with Crippen LogP contribution in [0.2, 0.25) is 0 Å². The maximum Gasteiger partial charge on any atom is 0.306 e. The Bertz CT molecular complexity index is 628. The van der Waals surface area contributed by atoms with Gasteiger partial charge in [-0.15, -0.1) is 0 Å². The molecular weight excluding hydrogens is 400 g/mol. The second-order valence-electron chi connectivity index (χ2n) is 8.74. The Morgan fingerprint density at radius 3 is 2.70 bits per heavy atom. The van der Waals surface area contributed by atoms with Crippen molar-refractivity contribution in [3.63, 3.8) is 0 Å². The zero-order chi connectivity index (χ0) is 21.9. The van der Waals surface area contributed by atoms with Gasteiger partial charge in [0.05, 0.1) is 24.4 Å². The second kappa shape index (κ2) is 13.3. The van der Waals surface area contributed by atoms with Gasteiger partial charge in [-0.05, 0) is 99.4 Å². The third-order valence-electron chi connectivity index (χ3n) is 5.89. The average molecular weight is 439 g/mol. The zero-order valence-electron chi connectivity index (χ0n) is 18.3. The molecule has 0 aromatic carbocycles. The van der Waals surface area contributed by atoms with Gasteiger partial charge < -0.3 is 20.1 Å². The van der Waals surface area contributed by atoms with Crippen LogP contribution in [-0.4, -0.2) is 45.7 Å². The lowest BCUT2D eigenvalue weighted by Crippen LogP contribution is -2.23. The molecule has 3 N–H and O–H groups in total. The second-order valence-corrected chi connectivity index (χ2v) is 9.52. The molecule has 1 aromatic heterocycles. The van der Waals surface area contributed by atoms with E-state index in [2.05, 4.69) is 17.5 Å². The zero-order valence-corrected chi connectivity index (χ0v) is 19.1. The minimum absolute atomic E-state index is 0.0152. The predicted molar refractivity (Wildman–Crippen MR) is 120 cm³/mol. The van der Waals surface area contributed by atoms with Crippen LogP contribution >= 0.6 is 11.3 Å². The Morgan fingerprint density at radius 1 is 1.23 bits per heavy atom. The van der Waals surface area contributed by atoms with Crippen LogP contribution in [0, 0.1) is 11.8 Å². The number of carbonyl (C=O) groups is 1. The number of ether oxygens (including phenoxy) is 1. The fourth-order valence-corrected chi connectivity index (χ4v) is 4.96. The van der Waals surface area contributed by atoms with Crippen molar-refractivity contribution in [1.29, 1.82) is 0 Å². The lowest BCUT2D eigenvalue weighted by Gasteiger charge is -2.23. The molecule has 0 saturated heterocycles. The highest BCUT2D eigenvalue weighted by Crippen LogP contribution is 2.38. The largest absolute Gasteiger partial charge is 0.463 e. The summed E-state index contributed by atoms with van der Waals surface area (Å²) in [7, 11) is 0. The molecule has 1 aliphatic rings. The molecular formula is C24H38O5S. The van der Waals surface area contributed by atoms with Crippen molar-refractivity contribution in [1.82, 2.24) is 0 Å². The van der Waals surface area contributed by atoms with Crippen molar-refractivity contribution in [2.45, 2.75) is 96.1 Å². The average Bonchev–Trinajstić information content (AvgIpc) is 3.28. The highest BCUT2D eigenvalue weighted by Gasteiger charge is 2.40. The van der Waals surface area contributed by atoms with Crippen LogP contribution in [0.25, 0.3) is 0 Å². The van der Waals surface area contributed by atoms with Gasteiger partial charge >= 0.3 is 5.97 Å². The van der Waals surface area contributed by atoms with Crippen molar-refractivity contribution < 1.29 is 24.9 Å². The number of carbonyl (C=O) groups excluding carboxylic acids is 1. The van der Waals surface area contributed by atoms with Crippen LogP contribution in [0.5, 0.6) is 0 Å². The number of aliphatic hydroxyl groups excluding tert-OH is 3. The molecule has 1 saturated carbocycles. The fraction of sp³-hybridized carbons (Fsp3) is 0.708. The topological polar surface area (TPSA) is 87.0 Å². The molecule has 1 aromatic rings. The molecule has 0 bridgehead atoms. The Labute approximate surface area is 184 Å². The number of rotatable bonds is 13. The van der Waals surface area contributed by atoms with Gasteiger partial charge in [-0.3, -0.25) is 4.79 Å². The van der Waals surface area contributed by atoms with E-state index in [0.717, 1.165) is 32.1 Å². The molecule has 170 valence electrons. The van der Waals surface area contributed by atoms with Gasteiger partial charge in [0.15, 0.2) is 0 Å². The van der Waals surface area contributed by atoms with E-state index >= 15 is 0 Å². The van der Waals surface area contributed by atoms with Gasteiger partial charge in [0.2, 0.25) is 0 Å².